The number of thioether (sulfide) groups is 1. The predicted molar refractivity (Wildman–Crippen MR) is 99.9 cm³/mol. The molecule has 3 nitrogen and oxygen atoms in total. The number of carbonyl (C=O) groups is 1. The van der Waals surface area contributed by atoms with Crippen molar-refractivity contribution in [2.75, 3.05) is 44.7 Å². The molecule has 1 aliphatic rings. The van der Waals surface area contributed by atoms with Crippen LogP contribution in [-0.4, -0.2) is 60.4 Å². The monoisotopic (exact) mass is 352 g/mol. The van der Waals surface area contributed by atoms with Crippen molar-refractivity contribution in [2.24, 2.45) is 5.92 Å². The first-order chi connectivity index (χ1) is 11.6. The molecule has 1 aromatic rings. The van der Waals surface area contributed by atoms with Crippen LogP contribution in [0, 0.1) is 11.7 Å². The standard InChI is InChI=1S/C19H29FN2OS/c1-3-22(19(23)15-24-2)14-17-7-5-10-21(13-17)11-9-16-6-4-8-18(20)12-16/h4,6,8,12,17H,3,5,7,9-11,13-15H2,1-2H3. The third-order valence-electron chi connectivity index (χ3n) is 4.69. The number of amides is 1. The third-order valence-corrected chi connectivity index (χ3v) is 5.23. The molecule has 0 saturated carbocycles. The minimum Gasteiger partial charge on any atom is -0.342 e. The zero-order valence-corrected chi connectivity index (χ0v) is 15.7. The molecule has 0 aliphatic carbocycles. The summed E-state index contributed by atoms with van der Waals surface area (Å²) in [7, 11) is 0. The van der Waals surface area contributed by atoms with E-state index in [1.54, 1.807) is 23.9 Å². The summed E-state index contributed by atoms with van der Waals surface area (Å²) >= 11 is 1.59. The number of hydrogen-bond donors (Lipinski definition) is 0. The average Bonchev–Trinajstić information content (AvgIpc) is 2.58. The van der Waals surface area contributed by atoms with Crippen molar-refractivity contribution >= 4 is 17.7 Å². The number of nitrogens with zero attached hydrogens (tertiary/aromatic N) is 2. The molecule has 1 unspecified atom stereocenters. The average molecular weight is 353 g/mol. The number of piperidine rings is 1. The van der Waals surface area contributed by atoms with Crippen LogP contribution in [0.1, 0.15) is 25.3 Å². The van der Waals surface area contributed by atoms with Crippen LogP contribution in [0.15, 0.2) is 24.3 Å². The van der Waals surface area contributed by atoms with Gasteiger partial charge in [0.15, 0.2) is 0 Å². The van der Waals surface area contributed by atoms with E-state index in [2.05, 4.69) is 11.8 Å². The Labute approximate surface area is 149 Å². The van der Waals surface area contributed by atoms with Gasteiger partial charge in [0.25, 0.3) is 0 Å². The molecule has 1 saturated heterocycles. The van der Waals surface area contributed by atoms with Crippen molar-refractivity contribution in [3.63, 3.8) is 0 Å². The zero-order chi connectivity index (χ0) is 17.4. The van der Waals surface area contributed by atoms with Crippen LogP contribution < -0.4 is 0 Å². The molecule has 24 heavy (non-hydrogen) atoms. The Morgan fingerprint density at radius 2 is 2.29 bits per heavy atom. The van der Waals surface area contributed by atoms with Gasteiger partial charge >= 0.3 is 0 Å². The summed E-state index contributed by atoms with van der Waals surface area (Å²) in [5.41, 5.74) is 1.06. The van der Waals surface area contributed by atoms with E-state index in [4.69, 9.17) is 0 Å². The normalized spacial score (nSPS) is 18.5. The fraction of sp³-hybridized carbons (Fsp3) is 0.632. The van der Waals surface area contributed by atoms with Gasteiger partial charge in [-0.15, -0.1) is 0 Å². The summed E-state index contributed by atoms with van der Waals surface area (Å²) in [5.74, 6) is 1.22. The molecule has 0 spiro atoms. The molecule has 0 radical (unpaired) electrons. The van der Waals surface area contributed by atoms with Crippen LogP contribution in [0.5, 0.6) is 0 Å². The lowest BCUT2D eigenvalue weighted by atomic mass is 9.97. The molecule has 1 atom stereocenters. The topological polar surface area (TPSA) is 23.6 Å². The number of benzene rings is 1. The van der Waals surface area contributed by atoms with Gasteiger partial charge in [0.05, 0.1) is 5.75 Å². The molecule has 1 heterocycles. The minimum absolute atomic E-state index is 0.157. The van der Waals surface area contributed by atoms with Crippen LogP contribution >= 0.6 is 11.8 Å². The van der Waals surface area contributed by atoms with Crippen LogP contribution in [0.2, 0.25) is 0 Å². The highest BCUT2D eigenvalue weighted by atomic mass is 32.2. The van der Waals surface area contributed by atoms with Gasteiger partial charge in [0.1, 0.15) is 5.82 Å². The molecular formula is C19H29FN2OS. The van der Waals surface area contributed by atoms with Crippen molar-refractivity contribution < 1.29 is 9.18 Å². The van der Waals surface area contributed by atoms with Gasteiger partial charge in [-0.3, -0.25) is 4.79 Å². The Bertz CT molecular complexity index is 526. The lowest BCUT2D eigenvalue weighted by Gasteiger charge is -2.35. The lowest BCUT2D eigenvalue weighted by molar-refractivity contribution is -0.129. The molecule has 1 amide bonds. The van der Waals surface area contributed by atoms with Gasteiger partial charge < -0.3 is 9.80 Å². The number of carbonyl (C=O) groups excluding carboxylic acids is 1. The number of likely N-dealkylation sites (tertiary alicyclic amines) is 1. The Kier molecular flexibility index (Phi) is 8.06. The third kappa shape index (κ3) is 6.10. The second kappa shape index (κ2) is 10.0. The maximum Gasteiger partial charge on any atom is 0.232 e. The Morgan fingerprint density at radius 1 is 1.46 bits per heavy atom. The predicted octanol–water partition coefficient (Wildman–Crippen LogP) is 3.29. The largest absolute Gasteiger partial charge is 0.342 e. The molecule has 1 aliphatic heterocycles. The van der Waals surface area contributed by atoms with E-state index in [0.717, 1.165) is 44.7 Å². The van der Waals surface area contributed by atoms with Crippen LogP contribution in [0.4, 0.5) is 4.39 Å². The highest BCUT2D eigenvalue weighted by molar-refractivity contribution is 7.99. The van der Waals surface area contributed by atoms with Crippen LogP contribution in [-0.2, 0) is 11.2 Å². The number of halogens is 1. The second-order valence-electron chi connectivity index (χ2n) is 6.55. The van der Waals surface area contributed by atoms with Gasteiger partial charge in [-0.25, -0.2) is 4.39 Å². The van der Waals surface area contributed by atoms with Crippen LogP contribution in [0.3, 0.4) is 0 Å². The molecule has 5 heteroatoms. The molecule has 0 aromatic heterocycles. The molecule has 1 aromatic carbocycles. The molecule has 1 fully saturated rings. The maximum atomic E-state index is 13.3. The molecule has 0 N–H and O–H groups in total. The van der Waals surface area contributed by atoms with Gasteiger partial charge in [-0.2, -0.15) is 11.8 Å². The number of hydrogen-bond acceptors (Lipinski definition) is 3. The van der Waals surface area contributed by atoms with Gasteiger partial charge in [0.2, 0.25) is 5.91 Å². The van der Waals surface area contributed by atoms with E-state index in [1.165, 1.54) is 18.9 Å². The summed E-state index contributed by atoms with van der Waals surface area (Å²) in [6, 6.07) is 6.89. The van der Waals surface area contributed by atoms with Gasteiger partial charge in [-0.1, -0.05) is 12.1 Å². The lowest BCUT2D eigenvalue weighted by Crippen LogP contribution is -2.43. The Morgan fingerprint density at radius 3 is 3.00 bits per heavy atom. The van der Waals surface area contributed by atoms with E-state index < -0.39 is 0 Å². The van der Waals surface area contributed by atoms with Crippen LogP contribution in [0.25, 0.3) is 0 Å². The van der Waals surface area contributed by atoms with Crippen molar-refractivity contribution in [3.05, 3.63) is 35.6 Å². The molecular weight excluding hydrogens is 323 g/mol. The first-order valence-corrected chi connectivity index (χ1v) is 10.2. The molecule has 134 valence electrons. The van der Waals surface area contributed by atoms with Crippen molar-refractivity contribution in [1.82, 2.24) is 9.80 Å². The van der Waals surface area contributed by atoms with Crippen molar-refractivity contribution in [2.45, 2.75) is 26.2 Å². The smallest absolute Gasteiger partial charge is 0.232 e. The zero-order valence-electron chi connectivity index (χ0n) is 14.8. The van der Waals surface area contributed by atoms with Gasteiger partial charge in [-0.05, 0) is 62.6 Å². The fourth-order valence-corrected chi connectivity index (χ4v) is 3.85. The second-order valence-corrected chi connectivity index (χ2v) is 7.42. The van der Waals surface area contributed by atoms with Gasteiger partial charge in [0, 0.05) is 26.2 Å². The molecule has 0 bridgehead atoms. The SMILES string of the molecule is CCN(CC1CCCN(CCc2cccc(F)c2)C1)C(=O)CSC. The summed E-state index contributed by atoms with van der Waals surface area (Å²) in [6.07, 6.45) is 5.23. The summed E-state index contributed by atoms with van der Waals surface area (Å²) in [5, 5.41) is 0. The minimum atomic E-state index is -0.157. The van der Waals surface area contributed by atoms with E-state index in [-0.39, 0.29) is 11.7 Å². The van der Waals surface area contributed by atoms with E-state index in [1.807, 2.05) is 17.2 Å². The van der Waals surface area contributed by atoms with E-state index in [0.29, 0.717) is 11.7 Å². The Hall–Kier alpha value is -1.07. The molecule has 2 rings (SSSR count). The maximum absolute atomic E-state index is 13.3. The highest BCUT2D eigenvalue weighted by Crippen LogP contribution is 2.19. The first kappa shape index (κ1) is 19.3. The van der Waals surface area contributed by atoms with Crippen molar-refractivity contribution in [1.29, 1.82) is 0 Å². The fourth-order valence-electron chi connectivity index (χ4n) is 3.42. The quantitative estimate of drug-likeness (QED) is 0.717. The number of rotatable bonds is 8. The highest BCUT2D eigenvalue weighted by Gasteiger charge is 2.23. The summed E-state index contributed by atoms with van der Waals surface area (Å²) in [6.45, 7) is 6.83. The van der Waals surface area contributed by atoms with E-state index >= 15 is 0 Å². The first-order valence-electron chi connectivity index (χ1n) is 8.86. The summed E-state index contributed by atoms with van der Waals surface area (Å²) in [4.78, 5) is 16.6. The summed E-state index contributed by atoms with van der Waals surface area (Å²) < 4.78 is 13.3. The van der Waals surface area contributed by atoms with E-state index in [9.17, 15) is 9.18 Å². The van der Waals surface area contributed by atoms with Crippen molar-refractivity contribution in [3.8, 4) is 0 Å². The Balaban J connectivity index is 1.81.